The number of hydrogen-bond donors (Lipinski definition) is 7. The molecule has 1 saturated heterocycles. The molecule has 0 radical (unpaired) electrons. The third kappa shape index (κ3) is 9.10. The summed E-state index contributed by atoms with van der Waals surface area (Å²) in [5.74, 6) is -0.327. The number of aliphatic hydroxyl groups is 2. The molecule has 0 aromatic carbocycles. The summed E-state index contributed by atoms with van der Waals surface area (Å²) in [4.78, 5) is 52.8. The molecular formula is C16H25N6Na3O9P+3. The maximum atomic E-state index is 12.4. The van der Waals surface area contributed by atoms with Gasteiger partial charge < -0.3 is 35.4 Å². The summed E-state index contributed by atoms with van der Waals surface area (Å²) < 4.78 is 21.9. The number of carbonyl (C=O) groups excluding carboxylic acids is 1. The summed E-state index contributed by atoms with van der Waals surface area (Å²) in [6.07, 6.45) is -3.68. The molecule has 0 bridgehead atoms. The fraction of sp³-hybridized carbons (Fsp3) is 0.625. The first-order chi connectivity index (χ1) is 15.0. The second kappa shape index (κ2) is 15.3. The van der Waals surface area contributed by atoms with Crippen LogP contribution in [0.3, 0.4) is 0 Å². The van der Waals surface area contributed by atoms with E-state index in [1.165, 1.54) is 10.9 Å². The van der Waals surface area contributed by atoms with Gasteiger partial charge in [-0.2, -0.15) is 4.98 Å². The predicted molar refractivity (Wildman–Crippen MR) is 108 cm³/mol. The predicted octanol–water partition coefficient (Wildman–Crippen LogP) is -10.8. The minimum Gasteiger partial charge on any atom is -0.387 e. The van der Waals surface area contributed by atoms with Crippen molar-refractivity contribution in [3.8, 4) is 0 Å². The molecule has 0 saturated carbocycles. The molecule has 178 valence electrons. The molecule has 1 aliphatic heterocycles. The number of fused-ring (bicyclic) bond motifs is 1. The zero-order valence-electron chi connectivity index (χ0n) is 20.2. The normalized spacial score (nSPS) is 22.5. The Bertz CT molecular complexity index is 1080. The number of rotatable bonds is 9. The molecular weight excluding hydrogens is 520 g/mol. The number of anilines is 1. The average molecular weight is 545 g/mol. The van der Waals surface area contributed by atoms with Crippen LogP contribution in [0.25, 0.3) is 11.2 Å². The summed E-state index contributed by atoms with van der Waals surface area (Å²) >= 11 is 0. The molecule has 3 heterocycles. The van der Waals surface area contributed by atoms with Crippen LogP contribution in [0.2, 0.25) is 0 Å². The van der Waals surface area contributed by atoms with Crippen LogP contribution >= 0.6 is 7.82 Å². The van der Waals surface area contributed by atoms with Crippen LogP contribution in [0.1, 0.15) is 26.5 Å². The molecule has 0 unspecified atom stereocenters. The van der Waals surface area contributed by atoms with Crippen LogP contribution in [0.4, 0.5) is 5.95 Å². The zero-order valence-corrected chi connectivity index (χ0v) is 27.1. The van der Waals surface area contributed by atoms with Crippen LogP contribution in [-0.2, 0) is 18.6 Å². The van der Waals surface area contributed by atoms with Crippen LogP contribution in [0.15, 0.2) is 11.1 Å². The van der Waals surface area contributed by atoms with E-state index in [9.17, 15) is 24.4 Å². The Morgan fingerprint density at radius 2 is 1.97 bits per heavy atom. The summed E-state index contributed by atoms with van der Waals surface area (Å²) in [5, 5.41) is 26.0. The Balaban J connectivity index is 0.00000385. The first-order valence-electron chi connectivity index (χ1n) is 9.74. The first kappa shape index (κ1) is 35.6. The number of ether oxygens (including phenoxy) is 1. The molecule has 15 nitrogen and oxygen atoms in total. The van der Waals surface area contributed by atoms with Crippen LogP contribution in [0.5, 0.6) is 0 Å². The third-order valence-corrected chi connectivity index (χ3v) is 5.23. The summed E-state index contributed by atoms with van der Waals surface area (Å²) in [5.41, 5.74) is -0.712. The van der Waals surface area contributed by atoms with Gasteiger partial charge >= 0.3 is 96.5 Å². The molecule has 2 aromatic rings. The van der Waals surface area contributed by atoms with Gasteiger partial charge in [-0.15, -0.1) is 0 Å². The third-order valence-electron chi connectivity index (χ3n) is 4.75. The van der Waals surface area contributed by atoms with Crippen molar-refractivity contribution in [2.45, 2.75) is 50.8 Å². The van der Waals surface area contributed by atoms with Crippen molar-refractivity contribution in [1.82, 2.24) is 24.8 Å². The van der Waals surface area contributed by atoms with E-state index in [0.717, 1.165) is 6.42 Å². The van der Waals surface area contributed by atoms with Crippen molar-refractivity contribution in [2.24, 2.45) is 0 Å². The number of carbonyl (C=O) groups is 1. The fourth-order valence-corrected chi connectivity index (χ4v) is 3.46. The van der Waals surface area contributed by atoms with Gasteiger partial charge in [-0.1, -0.05) is 6.92 Å². The van der Waals surface area contributed by atoms with Gasteiger partial charge in [-0.25, -0.2) is 9.55 Å². The first-order valence-corrected chi connectivity index (χ1v) is 11.3. The number of phosphoric acid groups is 1. The van der Waals surface area contributed by atoms with Gasteiger partial charge in [0, 0.05) is 6.54 Å². The van der Waals surface area contributed by atoms with Crippen molar-refractivity contribution >= 4 is 30.8 Å². The second-order valence-electron chi connectivity index (χ2n) is 7.23. The number of nitrogens with zero attached hydrogens (tertiary/aromatic N) is 3. The van der Waals surface area contributed by atoms with E-state index in [4.69, 9.17) is 14.5 Å². The number of H-pyrrole nitrogens is 1. The van der Waals surface area contributed by atoms with Crippen molar-refractivity contribution in [3.05, 3.63) is 16.7 Å². The molecule has 2 aromatic heterocycles. The smallest absolute Gasteiger partial charge is 0.387 e. The van der Waals surface area contributed by atoms with E-state index in [1.807, 2.05) is 6.92 Å². The number of amides is 1. The number of phosphoric ester groups is 1. The van der Waals surface area contributed by atoms with Gasteiger partial charge in [0.15, 0.2) is 17.4 Å². The standard InChI is InChI=1S/C16H25N6O9P.3Na/c1-3-4-17-13(25)7(2)19-16-20-12-9(14(26)21-16)18-6-22(12)15-11(24)10(23)8(31-15)5-30-32(27,28)29;;;/h6-8,10-11,15,23-24H,3-5H2,1-2H3,(H,17,25)(H2,27,28,29)(H2,19,20,21,26);;;/q;3*+1/t7-,8+,10+,11+,15+;;;/m0.../s1. The second-order valence-corrected chi connectivity index (χ2v) is 8.47. The van der Waals surface area contributed by atoms with E-state index in [1.54, 1.807) is 6.92 Å². The fourth-order valence-electron chi connectivity index (χ4n) is 3.12. The zero-order chi connectivity index (χ0) is 23.6. The summed E-state index contributed by atoms with van der Waals surface area (Å²) in [6, 6.07) is -0.720. The van der Waals surface area contributed by atoms with Crippen molar-refractivity contribution < 1.29 is 127 Å². The maximum Gasteiger partial charge on any atom is 1.00 e. The molecule has 7 N–H and O–H groups in total. The van der Waals surface area contributed by atoms with E-state index in [2.05, 4.69) is 30.1 Å². The Hall–Kier alpha value is 0.610. The number of aromatic amines is 1. The number of aliphatic hydroxyl groups excluding tert-OH is 2. The summed E-state index contributed by atoms with van der Waals surface area (Å²) in [6.45, 7) is 3.30. The molecule has 1 aliphatic rings. The minimum absolute atomic E-state index is 0. The van der Waals surface area contributed by atoms with Crippen LogP contribution < -0.4 is 105 Å². The Morgan fingerprint density at radius 1 is 1.31 bits per heavy atom. The minimum atomic E-state index is -4.82. The molecule has 19 heteroatoms. The number of hydrogen-bond acceptors (Lipinski definition) is 10. The van der Waals surface area contributed by atoms with Gasteiger partial charge in [0.05, 0.1) is 12.9 Å². The van der Waals surface area contributed by atoms with Gasteiger partial charge in [0.1, 0.15) is 24.4 Å². The van der Waals surface area contributed by atoms with Crippen molar-refractivity contribution in [2.75, 3.05) is 18.5 Å². The van der Waals surface area contributed by atoms with Gasteiger partial charge in [0.25, 0.3) is 5.56 Å². The molecule has 0 aliphatic carbocycles. The van der Waals surface area contributed by atoms with Crippen LogP contribution in [0, 0.1) is 0 Å². The van der Waals surface area contributed by atoms with E-state index in [-0.39, 0.29) is 112 Å². The largest absolute Gasteiger partial charge is 1.00 e. The Labute approximate surface area is 266 Å². The molecule has 5 atom stereocenters. The SMILES string of the molecule is CCCNC(=O)[C@H](C)Nc1nc2c(ncn2[C@@H]2O[C@H](COP(=O)(O)O)[C@@H](O)[C@H]2O)c(=O)[nH]1.[Na+].[Na+].[Na+]. The van der Waals surface area contributed by atoms with Gasteiger partial charge in [0.2, 0.25) is 11.9 Å². The molecule has 0 spiro atoms. The molecule has 1 amide bonds. The Morgan fingerprint density at radius 3 is 2.57 bits per heavy atom. The number of imidazole rings is 1. The topological polar surface area (TPSA) is 221 Å². The number of nitrogens with one attached hydrogen (secondary N) is 3. The maximum absolute atomic E-state index is 12.4. The molecule has 35 heavy (non-hydrogen) atoms. The van der Waals surface area contributed by atoms with Crippen LogP contribution in [-0.4, -0.2) is 82.9 Å². The van der Waals surface area contributed by atoms with E-state index >= 15 is 0 Å². The number of aromatic nitrogens is 4. The Kier molecular flexibility index (Phi) is 15.5. The van der Waals surface area contributed by atoms with E-state index in [0.29, 0.717) is 6.54 Å². The van der Waals surface area contributed by atoms with Gasteiger partial charge in [-0.05, 0) is 13.3 Å². The average Bonchev–Trinajstić information content (AvgIpc) is 3.25. The molecule has 1 fully saturated rings. The quantitative estimate of drug-likeness (QED) is 0.115. The van der Waals surface area contributed by atoms with Crippen molar-refractivity contribution in [3.63, 3.8) is 0 Å². The van der Waals surface area contributed by atoms with Crippen molar-refractivity contribution in [1.29, 1.82) is 0 Å². The monoisotopic (exact) mass is 545 g/mol. The molecule has 3 rings (SSSR count). The van der Waals surface area contributed by atoms with E-state index < -0.39 is 50.6 Å². The van der Waals surface area contributed by atoms with Gasteiger partial charge in [-0.3, -0.25) is 23.7 Å². The summed E-state index contributed by atoms with van der Waals surface area (Å²) in [7, 11) is -4.82.